The highest BCUT2D eigenvalue weighted by Crippen LogP contribution is 2.38. The SMILES string of the molecule is O=C1NC2(CCNCC2)c2ccc(Br)cc21. The molecule has 0 unspecified atom stereocenters. The Morgan fingerprint density at radius 1 is 1.25 bits per heavy atom. The molecule has 0 aliphatic carbocycles. The van der Waals surface area contributed by atoms with Crippen molar-refractivity contribution < 1.29 is 4.79 Å². The molecule has 2 heterocycles. The maximum atomic E-state index is 11.9. The van der Waals surface area contributed by atoms with E-state index in [0.29, 0.717) is 0 Å². The maximum absolute atomic E-state index is 11.9. The van der Waals surface area contributed by atoms with Gasteiger partial charge in [0, 0.05) is 10.0 Å². The summed E-state index contributed by atoms with van der Waals surface area (Å²) in [6, 6.07) is 6.01. The minimum atomic E-state index is -0.113. The van der Waals surface area contributed by atoms with E-state index in [1.807, 2.05) is 12.1 Å². The second-order valence-corrected chi connectivity index (χ2v) is 5.39. The first-order valence-corrected chi connectivity index (χ1v) is 6.34. The van der Waals surface area contributed by atoms with E-state index < -0.39 is 0 Å². The van der Waals surface area contributed by atoms with E-state index in [1.165, 1.54) is 5.56 Å². The fourth-order valence-electron chi connectivity index (χ4n) is 2.72. The topological polar surface area (TPSA) is 41.1 Å². The van der Waals surface area contributed by atoms with Crippen LogP contribution in [0.5, 0.6) is 0 Å². The Labute approximate surface area is 103 Å². The van der Waals surface area contributed by atoms with E-state index in [1.54, 1.807) is 0 Å². The summed E-state index contributed by atoms with van der Waals surface area (Å²) in [5.74, 6) is 0.0678. The van der Waals surface area contributed by atoms with Crippen molar-refractivity contribution in [3.63, 3.8) is 0 Å². The molecule has 3 nitrogen and oxygen atoms in total. The number of fused-ring (bicyclic) bond motifs is 2. The van der Waals surface area contributed by atoms with Gasteiger partial charge in [-0.2, -0.15) is 0 Å². The summed E-state index contributed by atoms with van der Waals surface area (Å²) in [4.78, 5) is 11.9. The monoisotopic (exact) mass is 280 g/mol. The number of nitrogens with one attached hydrogen (secondary N) is 2. The van der Waals surface area contributed by atoms with Crippen molar-refractivity contribution in [2.75, 3.05) is 13.1 Å². The summed E-state index contributed by atoms with van der Waals surface area (Å²) in [6.07, 6.45) is 1.96. The molecule has 1 saturated heterocycles. The predicted molar refractivity (Wildman–Crippen MR) is 65.4 cm³/mol. The molecule has 4 heteroatoms. The van der Waals surface area contributed by atoms with Gasteiger partial charge in [-0.1, -0.05) is 22.0 Å². The van der Waals surface area contributed by atoms with Crippen LogP contribution in [0, 0.1) is 0 Å². The van der Waals surface area contributed by atoms with E-state index in [9.17, 15) is 4.79 Å². The molecule has 1 fully saturated rings. The number of amides is 1. The Balaban J connectivity index is 2.11. The smallest absolute Gasteiger partial charge is 0.252 e. The largest absolute Gasteiger partial charge is 0.342 e. The second-order valence-electron chi connectivity index (χ2n) is 4.48. The van der Waals surface area contributed by atoms with Crippen LogP contribution in [0.25, 0.3) is 0 Å². The molecule has 3 rings (SSSR count). The molecule has 0 saturated carbocycles. The molecule has 16 heavy (non-hydrogen) atoms. The second kappa shape index (κ2) is 3.57. The zero-order valence-corrected chi connectivity index (χ0v) is 10.4. The third-order valence-corrected chi connectivity index (χ3v) is 4.04. The van der Waals surface area contributed by atoms with E-state index in [4.69, 9.17) is 0 Å². The number of halogens is 1. The molecule has 0 radical (unpaired) electrons. The Kier molecular flexibility index (Phi) is 2.30. The first kappa shape index (κ1) is 10.3. The number of hydrogen-bond donors (Lipinski definition) is 2. The lowest BCUT2D eigenvalue weighted by Crippen LogP contribution is -2.47. The van der Waals surface area contributed by atoms with Gasteiger partial charge >= 0.3 is 0 Å². The summed E-state index contributed by atoms with van der Waals surface area (Å²) in [5, 5.41) is 6.49. The molecule has 2 aliphatic rings. The fourth-order valence-corrected chi connectivity index (χ4v) is 3.08. The summed E-state index contributed by atoms with van der Waals surface area (Å²) in [5.41, 5.74) is 1.89. The molecular formula is C12H13BrN2O. The van der Waals surface area contributed by atoms with Crippen molar-refractivity contribution in [3.8, 4) is 0 Å². The lowest BCUT2D eigenvalue weighted by atomic mass is 9.82. The van der Waals surface area contributed by atoms with Crippen LogP contribution in [0.4, 0.5) is 0 Å². The first-order valence-electron chi connectivity index (χ1n) is 5.55. The molecule has 0 atom stereocenters. The molecular weight excluding hydrogens is 268 g/mol. The van der Waals surface area contributed by atoms with Gasteiger partial charge in [0.2, 0.25) is 0 Å². The molecule has 2 aliphatic heterocycles. The van der Waals surface area contributed by atoms with Crippen LogP contribution in [0.1, 0.15) is 28.8 Å². The standard InChI is InChI=1S/C12H13BrN2O/c13-8-1-2-10-9(7-8)11(16)15-12(10)3-5-14-6-4-12/h1-2,7,14H,3-6H2,(H,15,16). The summed E-state index contributed by atoms with van der Waals surface area (Å²) in [7, 11) is 0. The van der Waals surface area contributed by atoms with E-state index in [0.717, 1.165) is 36.0 Å². The minimum Gasteiger partial charge on any atom is -0.342 e. The number of carbonyl (C=O) groups excluding carboxylic acids is 1. The van der Waals surface area contributed by atoms with E-state index in [2.05, 4.69) is 32.6 Å². The van der Waals surface area contributed by atoms with Crippen LogP contribution in [-0.4, -0.2) is 19.0 Å². The third kappa shape index (κ3) is 1.40. The third-order valence-electron chi connectivity index (χ3n) is 3.55. The molecule has 1 aromatic rings. The Morgan fingerprint density at radius 2 is 2.00 bits per heavy atom. The van der Waals surface area contributed by atoms with Gasteiger partial charge in [-0.25, -0.2) is 0 Å². The zero-order chi connectivity index (χ0) is 11.2. The molecule has 1 aromatic carbocycles. The number of rotatable bonds is 0. The van der Waals surface area contributed by atoms with Crippen LogP contribution in [0.15, 0.2) is 22.7 Å². The van der Waals surface area contributed by atoms with Crippen LogP contribution < -0.4 is 10.6 Å². The highest BCUT2D eigenvalue weighted by molar-refractivity contribution is 9.10. The molecule has 1 amide bonds. The van der Waals surface area contributed by atoms with Gasteiger partial charge in [-0.05, 0) is 43.6 Å². The van der Waals surface area contributed by atoms with Crippen LogP contribution in [0.3, 0.4) is 0 Å². The van der Waals surface area contributed by atoms with Crippen LogP contribution >= 0.6 is 15.9 Å². The highest BCUT2D eigenvalue weighted by atomic mass is 79.9. The van der Waals surface area contributed by atoms with E-state index in [-0.39, 0.29) is 11.4 Å². The molecule has 84 valence electrons. The minimum absolute atomic E-state index is 0.0678. The summed E-state index contributed by atoms with van der Waals surface area (Å²) < 4.78 is 0.965. The summed E-state index contributed by atoms with van der Waals surface area (Å²) in [6.45, 7) is 1.94. The van der Waals surface area contributed by atoms with Crippen molar-refractivity contribution in [1.29, 1.82) is 0 Å². The summed E-state index contributed by atoms with van der Waals surface area (Å²) >= 11 is 3.41. The lowest BCUT2D eigenvalue weighted by Gasteiger charge is -2.34. The van der Waals surface area contributed by atoms with E-state index >= 15 is 0 Å². The quantitative estimate of drug-likeness (QED) is 0.761. The van der Waals surface area contributed by atoms with Gasteiger partial charge in [0.05, 0.1) is 5.54 Å². The average molecular weight is 281 g/mol. The highest BCUT2D eigenvalue weighted by Gasteiger charge is 2.43. The lowest BCUT2D eigenvalue weighted by molar-refractivity contribution is 0.0913. The normalized spacial score (nSPS) is 21.9. The van der Waals surface area contributed by atoms with Gasteiger partial charge < -0.3 is 10.6 Å². The van der Waals surface area contributed by atoms with Crippen LogP contribution in [-0.2, 0) is 5.54 Å². The number of hydrogen-bond acceptors (Lipinski definition) is 2. The average Bonchev–Trinajstić information content (AvgIpc) is 2.53. The zero-order valence-electron chi connectivity index (χ0n) is 8.85. The van der Waals surface area contributed by atoms with Gasteiger partial charge in [-0.15, -0.1) is 0 Å². The van der Waals surface area contributed by atoms with Crippen molar-refractivity contribution in [1.82, 2.24) is 10.6 Å². The number of benzene rings is 1. The van der Waals surface area contributed by atoms with Crippen molar-refractivity contribution >= 4 is 21.8 Å². The van der Waals surface area contributed by atoms with Gasteiger partial charge in [0.1, 0.15) is 0 Å². The van der Waals surface area contributed by atoms with Gasteiger partial charge in [0.15, 0.2) is 0 Å². The van der Waals surface area contributed by atoms with Crippen molar-refractivity contribution in [3.05, 3.63) is 33.8 Å². The number of carbonyl (C=O) groups is 1. The molecule has 1 spiro atoms. The maximum Gasteiger partial charge on any atom is 0.252 e. The first-order chi connectivity index (χ1) is 7.71. The number of piperidine rings is 1. The van der Waals surface area contributed by atoms with Crippen molar-refractivity contribution in [2.24, 2.45) is 0 Å². The molecule has 0 bridgehead atoms. The van der Waals surface area contributed by atoms with Crippen molar-refractivity contribution in [2.45, 2.75) is 18.4 Å². The Bertz CT molecular complexity index is 452. The van der Waals surface area contributed by atoms with Gasteiger partial charge in [-0.3, -0.25) is 4.79 Å². The van der Waals surface area contributed by atoms with Crippen LogP contribution in [0.2, 0.25) is 0 Å². The molecule has 0 aromatic heterocycles. The Morgan fingerprint density at radius 3 is 2.75 bits per heavy atom. The molecule has 2 N–H and O–H groups in total. The predicted octanol–water partition coefficient (Wildman–Crippen LogP) is 1.77. The Hall–Kier alpha value is -0.870. The fraction of sp³-hybridized carbons (Fsp3) is 0.417. The van der Waals surface area contributed by atoms with Gasteiger partial charge in [0.25, 0.3) is 5.91 Å².